The Labute approximate surface area is 289 Å². The van der Waals surface area contributed by atoms with Crippen molar-refractivity contribution in [3.05, 3.63) is 40.7 Å². The van der Waals surface area contributed by atoms with Crippen molar-refractivity contribution >= 4 is 35.8 Å². The molecule has 1 aliphatic heterocycles. The van der Waals surface area contributed by atoms with Crippen molar-refractivity contribution in [2.24, 2.45) is 17.6 Å². The number of ether oxygens (including phenoxy) is 2. The molecule has 2 aliphatic carbocycles. The minimum atomic E-state index is -0.755. The van der Waals surface area contributed by atoms with E-state index in [2.05, 4.69) is 27.2 Å². The Kier molecular flexibility index (Phi) is 17.6. The van der Waals surface area contributed by atoms with E-state index in [0.717, 1.165) is 32.1 Å². The average Bonchev–Trinajstić information content (AvgIpc) is 3.96. The molecule has 3 aliphatic rings. The normalized spacial score (nSPS) is 20.4. The number of carbonyl (C=O) groups excluding carboxylic acids is 4. The summed E-state index contributed by atoms with van der Waals surface area (Å²) in [6, 6.07) is 1.49. The number of aromatic amines is 1. The molecule has 4 rings (SSSR count). The van der Waals surface area contributed by atoms with Gasteiger partial charge in [-0.05, 0) is 96.9 Å². The second kappa shape index (κ2) is 20.8. The Bertz CT molecular complexity index is 1260. The van der Waals surface area contributed by atoms with Crippen molar-refractivity contribution in [3.63, 3.8) is 0 Å². The second-order valence-corrected chi connectivity index (χ2v) is 14.1. The quantitative estimate of drug-likeness (QED) is 0.110. The van der Waals surface area contributed by atoms with Crippen LogP contribution in [-0.4, -0.2) is 69.8 Å². The standard InChI is InChI=1S/C26H42N4O5S.C7H9NO2.C2H6/c1-26(2,3)35-25(34)28-20(24(33)30-15-9-12-21(30)22(27)31)11-8-6-4-5-7-10-17-16-19(17)23(32)29-36-18-13-14-18;1-2-10-7-5-6(9)3-4-8-7;1-2/h7,10,17-21H,4-6,8-9,11-16H2,1-3H3,(H2,27,31)(H,28,34)(H,29,32);3-5H,2H2,1H3,(H,8,9);1-2H3/b10-7-;;/t17?,19?,20-,21?;;/m0../s1. The minimum Gasteiger partial charge on any atom is -0.479 e. The third kappa shape index (κ3) is 15.6. The van der Waals surface area contributed by atoms with Crippen LogP contribution in [-0.2, 0) is 19.1 Å². The summed E-state index contributed by atoms with van der Waals surface area (Å²) in [4.78, 5) is 64.4. The van der Waals surface area contributed by atoms with Gasteiger partial charge in [0.2, 0.25) is 17.7 Å². The Morgan fingerprint density at radius 1 is 1.15 bits per heavy atom. The molecule has 5 N–H and O–H groups in total. The van der Waals surface area contributed by atoms with E-state index in [1.165, 1.54) is 29.9 Å². The molecule has 1 aromatic heterocycles. The summed E-state index contributed by atoms with van der Waals surface area (Å²) < 4.78 is 13.4. The molecular weight excluding hydrogens is 634 g/mol. The van der Waals surface area contributed by atoms with Crippen LogP contribution in [0.25, 0.3) is 0 Å². The fraction of sp³-hybridized carbons (Fsp3) is 0.686. The number of unbranched alkanes of at least 4 members (excludes halogenated alkanes) is 3. The highest BCUT2D eigenvalue weighted by Gasteiger charge is 2.41. The first kappa shape index (κ1) is 40.7. The van der Waals surface area contributed by atoms with Crippen LogP contribution in [0.3, 0.4) is 0 Å². The third-order valence-corrected chi connectivity index (χ3v) is 8.80. The molecule has 0 radical (unpaired) electrons. The van der Waals surface area contributed by atoms with E-state index >= 15 is 0 Å². The zero-order valence-electron chi connectivity index (χ0n) is 29.5. The highest BCUT2D eigenvalue weighted by atomic mass is 32.2. The molecule has 0 spiro atoms. The molecule has 0 aromatic carbocycles. The molecule has 3 fully saturated rings. The predicted octanol–water partition coefficient (Wildman–Crippen LogP) is 5.23. The minimum absolute atomic E-state index is 0.0396. The van der Waals surface area contributed by atoms with Crippen molar-refractivity contribution in [3.8, 4) is 5.88 Å². The van der Waals surface area contributed by atoms with Crippen molar-refractivity contribution in [2.75, 3.05) is 13.2 Å². The topological polar surface area (TPSA) is 173 Å². The zero-order chi connectivity index (χ0) is 35.7. The maximum absolute atomic E-state index is 13.2. The number of nitrogens with one attached hydrogen (secondary N) is 3. The molecule has 12 nitrogen and oxygen atoms in total. The second-order valence-electron chi connectivity index (χ2n) is 13.0. The van der Waals surface area contributed by atoms with Gasteiger partial charge in [-0.2, -0.15) is 0 Å². The van der Waals surface area contributed by atoms with E-state index in [4.69, 9.17) is 15.2 Å². The number of amides is 4. The molecule has 1 aromatic rings. The molecule has 2 heterocycles. The SMILES string of the molecule is CC.CC(C)(C)OC(=O)N[C@@H](CCCCC/C=C\C1CC1C(=O)NSC1CC1)C(=O)N1CCCC1C(N)=O.CCOc1cc(=O)cc[nH]1. The summed E-state index contributed by atoms with van der Waals surface area (Å²) in [6.45, 7) is 12.2. The summed E-state index contributed by atoms with van der Waals surface area (Å²) >= 11 is 1.57. The van der Waals surface area contributed by atoms with Gasteiger partial charge in [0, 0.05) is 36.0 Å². The monoisotopic (exact) mass is 691 g/mol. The number of aromatic nitrogens is 1. The number of nitrogens with zero attached hydrogens (tertiary/aromatic N) is 1. The zero-order valence-corrected chi connectivity index (χ0v) is 30.4. The van der Waals surface area contributed by atoms with Crippen LogP contribution in [0.4, 0.5) is 4.79 Å². The van der Waals surface area contributed by atoms with E-state index in [-0.39, 0.29) is 23.2 Å². The summed E-state index contributed by atoms with van der Waals surface area (Å²) in [5.41, 5.74) is 4.77. The molecule has 48 heavy (non-hydrogen) atoms. The van der Waals surface area contributed by atoms with Gasteiger partial charge in [-0.15, -0.1) is 0 Å². The van der Waals surface area contributed by atoms with Crippen molar-refractivity contribution in [1.29, 1.82) is 0 Å². The maximum atomic E-state index is 13.2. The Morgan fingerprint density at radius 3 is 2.50 bits per heavy atom. The molecule has 1 saturated heterocycles. The molecule has 270 valence electrons. The van der Waals surface area contributed by atoms with E-state index in [1.807, 2.05) is 20.8 Å². The van der Waals surface area contributed by atoms with Gasteiger partial charge in [0.25, 0.3) is 0 Å². The smallest absolute Gasteiger partial charge is 0.408 e. The van der Waals surface area contributed by atoms with Crippen molar-refractivity contribution in [1.82, 2.24) is 19.9 Å². The lowest BCUT2D eigenvalue weighted by Crippen LogP contribution is -2.53. The predicted molar refractivity (Wildman–Crippen MR) is 189 cm³/mol. The van der Waals surface area contributed by atoms with Gasteiger partial charge in [-0.3, -0.25) is 23.9 Å². The third-order valence-electron chi connectivity index (χ3n) is 7.67. The number of pyridine rings is 1. The number of alkyl carbamates (subject to hydrolysis) is 1. The van der Waals surface area contributed by atoms with Crippen LogP contribution < -0.4 is 25.9 Å². The van der Waals surface area contributed by atoms with Gasteiger partial charge in [0.15, 0.2) is 11.3 Å². The first-order valence-corrected chi connectivity index (χ1v) is 18.3. The Balaban J connectivity index is 0.000000564. The lowest BCUT2D eigenvalue weighted by molar-refractivity contribution is -0.139. The molecule has 3 unspecified atom stereocenters. The largest absolute Gasteiger partial charge is 0.479 e. The van der Waals surface area contributed by atoms with Gasteiger partial charge in [0.1, 0.15) is 17.7 Å². The Morgan fingerprint density at radius 2 is 1.88 bits per heavy atom. The highest BCUT2D eigenvalue weighted by Crippen LogP contribution is 2.41. The van der Waals surface area contributed by atoms with Crippen LogP contribution in [0, 0.1) is 11.8 Å². The fourth-order valence-corrected chi connectivity index (χ4v) is 5.89. The number of primary amides is 1. The van der Waals surface area contributed by atoms with Gasteiger partial charge in [-0.1, -0.05) is 38.8 Å². The van der Waals surface area contributed by atoms with E-state index < -0.39 is 29.7 Å². The van der Waals surface area contributed by atoms with Crippen molar-refractivity contribution < 1.29 is 28.7 Å². The number of rotatable bonds is 15. The van der Waals surface area contributed by atoms with E-state index in [9.17, 15) is 24.0 Å². The summed E-state index contributed by atoms with van der Waals surface area (Å²) in [5, 5.41) is 3.33. The first-order valence-electron chi connectivity index (χ1n) is 17.4. The van der Waals surface area contributed by atoms with Crippen LogP contribution in [0.2, 0.25) is 0 Å². The fourth-order valence-electron chi connectivity index (χ4n) is 5.09. The van der Waals surface area contributed by atoms with Gasteiger partial charge < -0.3 is 30.4 Å². The van der Waals surface area contributed by atoms with E-state index in [1.54, 1.807) is 38.9 Å². The van der Waals surface area contributed by atoms with Gasteiger partial charge in [-0.25, -0.2) is 4.79 Å². The number of hydrogen-bond donors (Lipinski definition) is 4. The number of H-pyrrole nitrogens is 1. The Hall–Kier alpha value is -3.48. The molecule has 4 atom stereocenters. The molecule has 4 amide bonds. The van der Waals surface area contributed by atoms with Gasteiger partial charge in [0.05, 0.1) is 6.61 Å². The van der Waals surface area contributed by atoms with Crippen LogP contribution in [0.1, 0.15) is 106 Å². The number of hydrogen-bond acceptors (Lipinski definition) is 8. The number of allylic oxidation sites excluding steroid dienone is 2. The molecular formula is C35H57N5O7S. The summed E-state index contributed by atoms with van der Waals surface area (Å²) in [5.74, 6) is 0.360. The van der Waals surface area contributed by atoms with Crippen LogP contribution in [0.15, 0.2) is 35.3 Å². The number of carbonyl (C=O) groups is 4. The van der Waals surface area contributed by atoms with Crippen molar-refractivity contribution in [2.45, 2.75) is 129 Å². The lowest BCUT2D eigenvalue weighted by atomic mass is 10.0. The summed E-state index contributed by atoms with van der Waals surface area (Å²) in [7, 11) is 0. The molecule has 0 bridgehead atoms. The molecule has 13 heteroatoms. The molecule has 2 saturated carbocycles. The lowest BCUT2D eigenvalue weighted by Gasteiger charge is -2.28. The first-order chi connectivity index (χ1) is 22.9. The number of likely N-dealkylation sites (tertiary alicyclic amines) is 1. The van der Waals surface area contributed by atoms with Gasteiger partial charge >= 0.3 is 6.09 Å². The highest BCUT2D eigenvalue weighted by molar-refractivity contribution is 7.98. The summed E-state index contributed by atoms with van der Waals surface area (Å²) in [6.07, 6.45) is 13.8. The maximum Gasteiger partial charge on any atom is 0.408 e. The van der Waals surface area contributed by atoms with Crippen LogP contribution >= 0.6 is 11.9 Å². The van der Waals surface area contributed by atoms with E-state index in [0.29, 0.717) is 49.5 Å². The van der Waals surface area contributed by atoms with Crippen LogP contribution in [0.5, 0.6) is 5.88 Å². The number of nitrogens with two attached hydrogens (primary N) is 1. The average molecular weight is 692 g/mol.